The fourth-order valence-corrected chi connectivity index (χ4v) is 8.71. The molecule has 0 radical (unpaired) electrons. The summed E-state index contributed by atoms with van der Waals surface area (Å²) in [6.07, 6.45) is 4.12. The average Bonchev–Trinajstić information content (AvgIpc) is 3.73. The van der Waals surface area contributed by atoms with Crippen molar-refractivity contribution < 1.29 is 4.42 Å². The molecule has 2 nitrogen and oxygen atoms in total. The highest BCUT2D eigenvalue weighted by Gasteiger charge is 2.27. The van der Waals surface area contributed by atoms with Gasteiger partial charge in [0.15, 0.2) is 0 Å². The number of furan rings is 1. The van der Waals surface area contributed by atoms with E-state index in [1.54, 1.807) is 0 Å². The van der Waals surface area contributed by atoms with E-state index in [1.165, 1.54) is 60.9 Å². The summed E-state index contributed by atoms with van der Waals surface area (Å²) in [6.45, 7) is 6.97. The van der Waals surface area contributed by atoms with Gasteiger partial charge >= 0.3 is 0 Å². The first-order chi connectivity index (χ1) is 25.7. The maximum atomic E-state index is 6.60. The SMILES string of the molecule is C=C1C/C(c2cccc3oc4ccc(-c5ccc6c7c(cccc57)-c5ccccc5-6)cc4c23)=C\C(CC)/C(c2ccccc2)=N\C1c1ccccc1. The van der Waals surface area contributed by atoms with E-state index in [-0.39, 0.29) is 12.0 Å². The molecule has 8 aromatic rings. The van der Waals surface area contributed by atoms with Gasteiger partial charge in [0, 0.05) is 16.7 Å². The van der Waals surface area contributed by atoms with Crippen molar-refractivity contribution >= 4 is 44.0 Å². The Hall–Kier alpha value is -6.25. The van der Waals surface area contributed by atoms with Crippen molar-refractivity contribution in [2.75, 3.05) is 0 Å². The van der Waals surface area contributed by atoms with Gasteiger partial charge in [0.25, 0.3) is 0 Å². The molecule has 0 fully saturated rings. The van der Waals surface area contributed by atoms with Gasteiger partial charge < -0.3 is 4.42 Å². The Morgan fingerprint density at radius 2 is 1.25 bits per heavy atom. The van der Waals surface area contributed by atoms with Crippen molar-refractivity contribution in [1.82, 2.24) is 0 Å². The molecule has 2 heteroatoms. The number of allylic oxidation sites excluding steroid dienone is 2. The third-order valence-corrected chi connectivity index (χ3v) is 11.2. The molecule has 2 atom stereocenters. The predicted molar refractivity (Wildman–Crippen MR) is 219 cm³/mol. The van der Waals surface area contributed by atoms with Crippen LogP contribution in [0.3, 0.4) is 0 Å². The minimum Gasteiger partial charge on any atom is -0.456 e. The Morgan fingerprint density at radius 3 is 2.04 bits per heavy atom. The van der Waals surface area contributed by atoms with Gasteiger partial charge in [-0.05, 0) is 103 Å². The average molecular weight is 668 g/mol. The molecule has 52 heavy (non-hydrogen) atoms. The summed E-state index contributed by atoms with van der Waals surface area (Å²) in [5, 5.41) is 4.91. The quantitative estimate of drug-likeness (QED) is 0.168. The molecule has 2 aliphatic rings. The normalized spacial score (nSPS) is 18.8. The van der Waals surface area contributed by atoms with Crippen molar-refractivity contribution in [1.29, 1.82) is 0 Å². The van der Waals surface area contributed by atoms with Gasteiger partial charge in [0.2, 0.25) is 0 Å². The number of hydrogen-bond donors (Lipinski definition) is 0. The highest BCUT2D eigenvalue weighted by Crippen LogP contribution is 2.50. The van der Waals surface area contributed by atoms with Crippen LogP contribution >= 0.6 is 0 Å². The molecule has 0 spiro atoms. The predicted octanol–water partition coefficient (Wildman–Crippen LogP) is 13.7. The molecular weight excluding hydrogens is 631 g/mol. The van der Waals surface area contributed by atoms with Crippen LogP contribution in [0.4, 0.5) is 0 Å². The highest BCUT2D eigenvalue weighted by molar-refractivity contribution is 6.19. The van der Waals surface area contributed by atoms with Crippen molar-refractivity contribution in [2.45, 2.75) is 25.8 Å². The van der Waals surface area contributed by atoms with Gasteiger partial charge in [-0.2, -0.15) is 0 Å². The number of rotatable bonds is 5. The fraction of sp³-hybridized carbons (Fsp3) is 0.100. The van der Waals surface area contributed by atoms with Crippen LogP contribution in [0, 0.1) is 5.92 Å². The van der Waals surface area contributed by atoms with E-state index < -0.39 is 0 Å². The van der Waals surface area contributed by atoms with Crippen molar-refractivity contribution in [3.05, 3.63) is 187 Å². The van der Waals surface area contributed by atoms with Gasteiger partial charge in [-0.15, -0.1) is 0 Å². The van der Waals surface area contributed by atoms with E-state index in [1.807, 2.05) is 0 Å². The van der Waals surface area contributed by atoms with Crippen LogP contribution in [-0.4, -0.2) is 5.71 Å². The van der Waals surface area contributed by atoms with E-state index in [4.69, 9.17) is 16.0 Å². The van der Waals surface area contributed by atoms with Gasteiger partial charge in [0.05, 0.1) is 11.8 Å². The lowest BCUT2D eigenvalue weighted by atomic mass is 9.83. The van der Waals surface area contributed by atoms with Crippen LogP contribution in [-0.2, 0) is 0 Å². The Bertz CT molecular complexity index is 2730. The molecule has 2 heterocycles. The van der Waals surface area contributed by atoms with Gasteiger partial charge in [-0.3, -0.25) is 4.99 Å². The van der Waals surface area contributed by atoms with Crippen LogP contribution in [0.5, 0.6) is 0 Å². The molecule has 0 saturated heterocycles. The lowest BCUT2D eigenvalue weighted by Crippen LogP contribution is -2.18. The monoisotopic (exact) mass is 667 g/mol. The zero-order chi connectivity index (χ0) is 34.8. The zero-order valence-electron chi connectivity index (χ0n) is 29.1. The number of aliphatic imine (C=N–C) groups is 1. The molecule has 1 aliphatic carbocycles. The molecular formula is C50H37NO. The maximum Gasteiger partial charge on any atom is 0.136 e. The number of nitrogens with zero attached hydrogens (tertiary/aromatic N) is 1. The summed E-state index contributed by atoms with van der Waals surface area (Å²) in [4.78, 5) is 5.49. The smallest absolute Gasteiger partial charge is 0.136 e. The summed E-state index contributed by atoms with van der Waals surface area (Å²) in [6, 6.07) is 54.5. The number of fused-ring (bicyclic) bond motifs is 6. The van der Waals surface area contributed by atoms with Gasteiger partial charge in [-0.25, -0.2) is 0 Å². The van der Waals surface area contributed by atoms with E-state index in [9.17, 15) is 0 Å². The van der Waals surface area contributed by atoms with E-state index >= 15 is 0 Å². The Kier molecular flexibility index (Phi) is 7.18. The molecule has 0 N–H and O–H groups in total. The summed E-state index contributed by atoms with van der Waals surface area (Å²) < 4.78 is 6.60. The number of hydrogen-bond acceptors (Lipinski definition) is 2. The van der Waals surface area contributed by atoms with E-state index in [2.05, 4.69) is 165 Å². The van der Waals surface area contributed by atoms with Gasteiger partial charge in [-0.1, -0.05) is 153 Å². The van der Waals surface area contributed by atoms with Crippen molar-refractivity contribution in [3.63, 3.8) is 0 Å². The second-order valence-corrected chi connectivity index (χ2v) is 14.2. The second kappa shape index (κ2) is 12.2. The summed E-state index contributed by atoms with van der Waals surface area (Å²) in [5.74, 6) is 0.137. The minimum atomic E-state index is -0.143. The zero-order valence-corrected chi connectivity index (χ0v) is 29.1. The molecule has 10 rings (SSSR count). The first-order valence-corrected chi connectivity index (χ1v) is 18.3. The molecule has 0 amide bonds. The highest BCUT2D eigenvalue weighted by atomic mass is 16.3. The van der Waals surface area contributed by atoms with E-state index in [0.717, 1.165) is 51.6 Å². The minimum absolute atomic E-state index is 0.137. The first kappa shape index (κ1) is 30.6. The summed E-state index contributed by atoms with van der Waals surface area (Å²) in [7, 11) is 0. The van der Waals surface area contributed by atoms with Crippen LogP contribution in [0.1, 0.15) is 42.5 Å². The molecule has 2 unspecified atom stereocenters. The van der Waals surface area contributed by atoms with Gasteiger partial charge in [0.1, 0.15) is 11.2 Å². The second-order valence-electron chi connectivity index (χ2n) is 14.2. The van der Waals surface area contributed by atoms with Crippen molar-refractivity contribution in [3.8, 4) is 33.4 Å². The van der Waals surface area contributed by atoms with E-state index in [0.29, 0.717) is 0 Å². The maximum absolute atomic E-state index is 6.60. The lowest BCUT2D eigenvalue weighted by Gasteiger charge is -2.26. The Morgan fingerprint density at radius 1 is 0.577 bits per heavy atom. The number of benzene rings is 7. The molecule has 1 aliphatic heterocycles. The lowest BCUT2D eigenvalue weighted by molar-refractivity contribution is 0.669. The third kappa shape index (κ3) is 4.82. The standard InChI is InChI=1S/C50H37NO/c1-3-32-29-36(28-31(2)49(33-14-6-4-7-15-33)51-50(32)34-16-8-5-9-17-34)38-20-13-23-46-48(38)44-30-35(24-27-45(44)52-46)37-25-26-43-40-19-11-10-18-39(40)42-22-12-21-41(37)47(42)43/h4-27,29-30,32,49H,2-3,28H2,1H3/b36-29+,51-50+. The molecule has 248 valence electrons. The molecule has 1 aromatic heterocycles. The Balaban J connectivity index is 1.15. The topological polar surface area (TPSA) is 25.5 Å². The fourth-order valence-electron chi connectivity index (χ4n) is 8.71. The largest absolute Gasteiger partial charge is 0.456 e. The summed E-state index contributed by atoms with van der Waals surface area (Å²) in [5.41, 5.74) is 16.5. The van der Waals surface area contributed by atoms with Crippen LogP contribution in [0.2, 0.25) is 0 Å². The van der Waals surface area contributed by atoms with Crippen LogP contribution in [0.25, 0.3) is 71.7 Å². The third-order valence-electron chi connectivity index (χ3n) is 11.2. The Labute approximate surface area is 304 Å². The molecule has 0 saturated carbocycles. The molecule has 7 aromatic carbocycles. The first-order valence-electron chi connectivity index (χ1n) is 18.3. The molecule has 0 bridgehead atoms. The van der Waals surface area contributed by atoms with Crippen LogP contribution < -0.4 is 0 Å². The van der Waals surface area contributed by atoms with Crippen molar-refractivity contribution in [2.24, 2.45) is 10.9 Å². The van der Waals surface area contributed by atoms with Crippen LogP contribution in [0.15, 0.2) is 179 Å². The summed E-state index contributed by atoms with van der Waals surface area (Å²) >= 11 is 0.